The summed E-state index contributed by atoms with van der Waals surface area (Å²) in [6.45, 7) is 5.36. The van der Waals surface area contributed by atoms with Crippen LogP contribution < -0.4 is 5.32 Å². The molecule has 0 bridgehead atoms. The monoisotopic (exact) mass is 195 g/mol. The van der Waals surface area contributed by atoms with E-state index in [1.807, 2.05) is 19.2 Å². The van der Waals surface area contributed by atoms with Crippen molar-refractivity contribution in [2.24, 2.45) is 5.92 Å². The van der Waals surface area contributed by atoms with Crippen LogP contribution in [-0.4, -0.2) is 13.6 Å². The Bertz CT molecular complexity index is 268. The van der Waals surface area contributed by atoms with Crippen LogP contribution in [0, 0.1) is 11.7 Å². The Morgan fingerprint density at radius 2 is 1.79 bits per heavy atom. The highest BCUT2D eigenvalue weighted by molar-refractivity contribution is 5.20. The number of nitrogens with one attached hydrogen (secondary N) is 1. The van der Waals surface area contributed by atoms with Crippen LogP contribution in [0.5, 0.6) is 0 Å². The van der Waals surface area contributed by atoms with Crippen molar-refractivity contribution in [1.29, 1.82) is 0 Å². The van der Waals surface area contributed by atoms with Crippen LogP contribution >= 0.6 is 0 Å². The van der Waals surface area contributed by atoms with E-state index in [0.717, 1.165) is 6.54 Å². The predicted molar refractivity (Wildman–Crippen MR) is 57.9 cm³/mol. The van der Waals surface area contributed by atoms with Crippen molar-refractivity contribution in [3.8, 4) is 0 Å². The molecular weight excluding hydrogens is 177 g/mol. The van der Waals surface area contributed by atoms with Crippen LogP contribution in [0.25, 0.3) is 0 Å². The number of hydrogen-bond donors (Lipinski definition) is 1. The average Bonchev–Trinajstić information content (AvgIpc) is 2.18. The van der Waals surface area contributed by atoms with Crippen molar-refractivity contribution < 1.29 is 4.39 Å². The van der Waals surface area contributed by atoms with Crippen LogP contribution in [0.1, 0.15) is 25.3 Å². The van der Waals surface area contributed by atoms with Gasteiger partial charge in [0.05, 0.1) is 0 Å². The van der Waals surface area contributed by atoms with Gasteiger partial charge in [-0.2, -0.15) is 0 Å². The topological polar surface area (TPSA) is 12.0 Å². The third-order valence-corrected chi connectivity index (χ3v) is 2.78. The SMILES string of the molecule is CNCC(C)C(C)c1ccc(F)cc1. The van der Waals surface area contributed by atoms with Gasteiger partial charge in [0.2, 0.25) is 0 Å². The molecule has 0 aromatic heterocycles. The Morgan fingerprint density at radius 1 is 1.21 bits per heavy atom. The van der Waals surface area contributed by atoms with E-state index in [1.165, 1.54) is 17.7 Å². The molecule has 0 aliphatic heterocycles. The summed E-state index contributed by atoms with van der Waals surface area (Å²) < 4.78 is 12.7. The zero-order valence-electron chi connectivity index (χ0n) is 9.05. The lowest BCUT2D eigenvalue weighted by atomic mass is 9.89. The summed E-state index contributed by atoms with van der Waals surface area (Å²) in [6, 6.07) is 6.79. The third kappa shape index (κ3) is 2.81. The fraction of sp³-hybridized carbons (Fsp3) is 0.500. The molecule has 0 saturated carbocycles. The maximum Gasteiger partial charge on any atom is 0.123 e. The Labute approximate surface area is 85.3 Å². The lowest BCUT2D eigenvalue weighted by Crippen LogP contribution is -2.20. The molecule has 0 radical (unpaired) electrons. The highest BCUT2D eigenvalue weighted by Crippen LogP contribution is 2.23. The van der Waals surface area contributed by atoms with Gasteiger partial charge in [-0.3, -0.25) is 0 Å². The van der Waals surface area contributed by atoms with Gasteiger partial charge in [0.1, 0.15) is 5.82 Å². The van der Waals surface area contributed by atoms with Crippen LogP contribution in [0.15, 0.2) is 24.3 Å². The first-order valence-corrected chi connectivity index (χ1v) is 5.05. The van der Waals surface area contributed by atoms with Gasteiger partial charge in [0, 0.05) is 0 Å². The molecular formula is C12H18FN. The molecule has 0 saturated heterocycles. The molecule has 0 amide bonds. The molecule has 0 fully saturated rings. The summed E-state index contributed by atoms with van der Waals surface area (Å²) in [7, 11) is 1.95. The minimum atomic E-state index is -0.165. The lowest BCUT2D eigenvalue weighted by Gasteiger charge is -2.19. The Kier molecular flexibility index (Phi) is 4.08. The first kappa shape index (κ1) is 11.2. The molecule has 0 heterocycles. The van der Waals surface area contributed by atoms with E-state index in [-0.39, 0.29) is 5.82 Å². The smallest absolute Gasteiger partial charge is 0.123 e. The molecule has 1 aromatic carbocycles. The van der Waals surface area contributed by atoms with Gasteiger partial charge in [-0.1, -0.05) is 26.0 Å². The van der Waals surface area contributed by atoms with Crippen molar-refractivity contribution in [3.63, 3.8) is 0 Å². The summed E-state index contributed by atoms with van der Waals surface area (Å²) in [5.74, 6) is 0.857. The van der Waals surface area contributed by atoms with Crippen LogP contribution in [-0.2, 0) is 0 Å². The molecule has 2 unspecified atom stereocenters. The molecule has 1 rings (SSSR count). The number of halogens is 1. The molecule has 78 valence electrons. The van der Waals surface area contributed by atoms with E-state index in [9.17, 15) is 4.39 Å². The summed E-state index contributed by atoms with van der Waals surface area (Å²) >= 11 is 0. The molecule has 0 aliphatic carbocycles. The zero-order chi connectivity index (χ0) is 10.6. The standard InChI is InChI=1S/C12H18FN/c1-9(8-14-3)10(2)11-4-6-12(13)7-5-11/h4-7,9-10,14H,8H2,1-3H3. The molecule has 1 N–H and O–H groups in total. The fourth-order valence-electron chi connectivity index (χ4n) is 1.59. The molecule has 2 heteroatoms. The van der Waals surface area contributed by atoms with Crippen LogP contribution in [0.2, 0.25) is 0 Å². The molecule has 0 spiro atoms. The largest absolute Gasteiger partial charge is 0.319 e. The quantitative estimate of drug-likeness (QED) is 0.779. The number of rotatable bonds is 4. The van der Waals surface area contributed by atoms with Gasteiger partial charge >= 0.3 is 0 Å². The van der Waals surface area contributed by atoms with Crippen LogP contribution in [0.4, 0.5) is 4.39 Å². The van der Waals surface area contributed by atoms with Gasteiger partial charge in [-0.15, -0.1) is 0 Å². The molecule has 14 heavy (non-hydrogen) atoms. The lowest BCUT2D eigenvalue weighted by molar-refractivity contribution is 0.465. The summed E-state index contributed by atoms with van der Waals surface area (Å²) in [5.41, 5.74) is 1.20. The second kappa shape index (κ2) is 5.11. The zero-order valence-corrected chi connectivity index (χ0v) is 9.05. The fourth-order valence-corrected chi connectivity index (χ4v) is 1.59. The van der Waals surface area contributed by atoms with Crippen molar-refractivity contribution in [2.75, 3.05) is 13.6 Å². The second-order valence-electron chi connectivity index (χ2n) is 3.88. The maximum atomic E-state index is 12.7. The van der Waals surface area contributed by atoms with Crippen LogP contribution in [0.3, 0.4) is 0 Å². The molecule has 1 aromatic rings. The number of benzene rings is 1. The Morgan fingerprint density at radius 3 is 2.29 bits per heavy atom. The second-order valence-corrected chi connectivity index (χ2v) is 3.88. The van der Waals surface area contributed by atoms with E-state index >= 15 is 0 Å². The molecule has 0 aliphatic rings. The highest BCUT2D eigenvalue weighted by atomic mass is 19.1. The Balaban J connectivity index is 2.68. The Hall–Kier alpha value is -0.890. The van der Waals surface area contributed by atoms with Crippen molar-refractivity contribution in [3.05, 3.63) is 35.6 Å². The first-order valence-electron chi connectivity index (χ1n) is 5.05. The predicted octanol–water partition coefficient (Wildman–Crippen LogP) is 2.78. The maximum absolute atomic E-state index is 12.7. The minimum absolute atomic E-state index is 0.165. The van der Waals surface area contributed by atoms with Gasteiger partial charge in [0.25, 0.3) is 0 Å². The summed E-state index contributed by atoms with van der Waals surface area (Å²) in [5, 5.41) is 3.16. The van der Waals surface area contributed by atoms with E-state index in [0.29, 0.717) is 11.8 Å². The van der Waals surface area contributed by atoms with E-state index in [4.69, 9.17) is 0 Å². The summed E-state index contributed by atoms with van der Waals surface area (Å²) in [6.07, 6.45) is 0. The van der Waals surface area contributed by atoms with Gasteiger partial charge in [-0.05, 0) is 43.1 Å². The van der Waals surface area contributed by atoms with Gasteiger partial charge in [0.15, 0.2) is 0 Å². The van der Waals surface area contributed by atoms with Crippen molar-refractivity contribution in [2.45, 2.75) is 19.8 Å². The van der Waals surface area contributed by atoms with Gasteiger partial charge in [-0.25, -0.2) is 4.39 Å². The van der Waals surface area contributed by atoms with Gasteiger partial charge < -0.3 is 5.32 Å². The van der Waals surface area contributed by atoms with E-state index in [1.54, 1.807) is 0 Å². The van der Waals surface area contributed by atoms with E-state index in [2.05, 4.69) is 19.2 Å². The molecule has 2 atom stereocenters. The van der Waals surface area contributed by atoms with Crippen molar-refractivity contribution in [1.82, 2.24) is 5.32 Å². The number of hydrogen-bond acceptors (Lipinski definition) is 1. The molecule has 1 nitrogen and oxygen atoms in total. The van der Waals surface area contributed by atoms with E-state index < -0.39 is 0 Å². The minimum Gasteiger partial charge on any atom is -0.319 e. The summed E-state index contributed by atoms with van der Waals surface area (Å²) in [4.78, 5) is 0. The first-order chi connectivity index (χ1) is 6.65. The third-order valence-electron chi connectivity index (χ3n) is 2.78. The normalized spacial score (nSPS) is 15.1. The average molecular weight is 195 g/mol. The highest BCUT2D eigenvalue weighted by Gasteiger charge is 2.13. The van der Waals surface area contributed by atoms with Crippen molar-refractivity contribution >= 4 is 0 Å².